The molecule has 1 aromatic rings. The van der Waals surface area contributed by atoms with E-state index < -0.39 is 28.9 Å². The molecular weight excluding hydrogens is 358 g/mol. The van der Waals surface area contributed by atoms with Crippen molar-refractivity contribution in [2.45, 2.75) is 51.4 Å². The summed E-state index contributed by atoms with van der Waals surface area (Å²) in [7, 11) is 0. The predicted molar refractivity (Wildman–Crippen MR) is 90.2 cm³/mol. The second-order valence-electron chi connectivity index (χ2n) is 7.01. The highest BCUT2D eigenvalue weighted by Crippen LogP contribution is 2.31. The SMILES string of the molecule is CC(C)[C@@H](Cc1ccccc1)NC(=O)[C@H]1C[C@H](ON(O)O)[C@H](ON(O)O)C1. The van der Waals surface area contributed by atoms with E-state index in [2.05, 4.69) is 5.32 Å². The first-order valence-corrected chi connectivity index (χ1v) is 8.79. The lowest BCUT2D eigenvalue weighted by molar-refractivity contribution is -0.535. The fourth-order valence-corrected chi connectivity index (χ4v) is 3.26. The molecule has 0 heterocycles. The Kier molecular flexibility index (Phi) is 8.07. The fraction of sp³-hybridized carbons (Fsp3) is 0.588. The average Bonchev–Trinajstić information content (AvgIpc) is 2.96. The van der Waals surface area contributed by atoms with Gasteiger partial charge in [0, 0.05) is 12.0 Å². The molecule has 0 unspecified atom stereocenters. The topological polar surface area (TPSA) is 135 Å². The van der Waals surface area contributed by atoms with Gasteiger partial charge in [0.1, 0.15) is 12.2 Å². The molecule has 1 aromatic carbocycles. The van der Waals surface area contributed by atoms with Crippen LogP contribution in [0.5, 0.6) is 0 Å². The first-order valence-electron chi connectivity index (χ1n) is 8.79. The molecule has 1 aliphatic rings. The van der Waals surface area contributed by atoms with Gasteiger partial charge in [-0.05, 0) is 30.7 Å². The Morgan fingerprint density at radius 2 is 1.59 bits per heavy atom. The summed E-state index contributed by atoms with van der Waals surface area (Å²) in [4.78, 5) is 22.2. The number of rotatable bonds is 9. The van der Waals surface area contributed by atoms with E-state index in [-0.39, 0.29) is 30.7 Å². The quantitative estimate of drug-likeness (QED) is 0.401. The van der Waals surface area contributed by atoms with Crippen molar-refractivity contribution in [2.75, 3.05) is 0 Å². The van der Waals surface area contributed by atoms with E-state index in [1.54, 1.807) is 0 Å². The van der Waals surface area contributed by atoms with Crippen molar-refractivity contribution in [3.63, 3.8) is 0 Å². The molecule has 10 heteroatoms. The minimum Gasteiger partial charge on any atom is -0.353 e. The molecule has 5 N–H and O–H groups in total. The van der Waals surface area contributed by atoms with Crippen LogP contribution in [0, 0.1) is 11.8 Å². The van der Waals surface area contributed by atoms with Gasteiger partial charge in [0.05, 0.1) is 10.8 Å². The van der Waals surface area contributed by atoms with Gasteiger partial charge in [-0.2, -0.15) is 0 Å². The lowest BCUT2D eigenvalue weighted by Crippen LogP contribution is -2.43. The second kappa shape index (κ2) is 10.1. The van der Waals surface area contributed by atoms with Gasteiger partial charge in [-0.1, -0.05) is 44.2 Å². The molecule has 0 aromatic heterocycles. The van der Waals surface area contributed by atoms with Crippen LogP contribution in [-0.2, 0) is 20.9 Å². The summed E-state index contributed by atoms with van der Waals surface area (Å²) in [6, 6.07) is 9.74. The molecule has 10 nitrogen and oxygen atoms in total. The maximum atomic E-state index is 12.7. The van der Waals surface area contributed by atoms with Gasteiger partial charge < -0.3 is 5.32 Å². The smallest absolute Gasteiger partial charge is 0.223 e. The van der Waals surface area contributed by atoms with Crippen molar-refractivity contribution < 1.29 is 35.3 Å². The van der Waals surface area contributed by atoms with E-state index in [0.29, 0.717) is 6.42 Å². The van der Waals surface area contributed by atoms with Gasteiger partial charge in [-0.15, -0.1) is 0 Å². The minimum absolute atomic E-state index is 0.0846. The number of nitrogens with one attached hydrogen (secondary N) is 1. The van der Waals surface area contributed by atoms with E-state index in [1.807, 2.05) is 44.2 Å². The number of amides is 1. The Labute approximate surface area is 157 Å². The summed E-state index contributed by atoms with van der Waals surface area (Å²) in [5.41, 5.74) is 1.11. The Balaban J connectivity index is 1.99. The average molecular weight is 385 g/mol. The number of carbonyl (C=O) groups is 1. The Bertz CT molecular complexity index is 567. The summed E-state index contributed by atoms with van der Waals surface area (Å²) in [6.45, 7) is 4.04. The molecular formula is C17H27N3O7. The van der Waals surface area contributed by atoms with Crippen molar-refractivity contribution in [1.82, 2.24) is 16.1 Å². The zero-order chi connectivity index (χ0) is 20.0. The number of nitrogens with zero attached hydrogens (tertiary/aromatic N) is 2. The van der Waals surface area contributed by atoms with Crippen LogP contribution < -0.4 is 5.32 Å². The summed E-state index contributed by atoms with van der Waals surface area (Å²) < 4.78 is 0. The molecule has 1 aliphatic carbocycles. The highest BCUT2D eigenvalue weighted by Gasteiger charge is 2.42. The number of hydrogen-bond acceptors (Lipinski definition) is 9. The summed E-state index contributed by atoms with van der Waals surface area (Å²) in [5.74, 6) is -0.573. The zero-order valence-corrected chi connectivity index (χ0v) is 15.3. The summed E-state index contributed by atoms with van der Waals surface area (Å²) >= 11 is 0. The van der Waals surface area contributed by atoms with Crippen molar-refractivity contribution in [3.05, 3.63) is 35.9 Å². The van der Waals surface area contributed by atoms with Crippen molar-refractivity contribution in [1.29, 1.82) is 0 Å². The van der Waals surface area contributed by atoms with E-state index in [0.717, 1.165) is 5.56 Å². The lowest BCUT2D eigenvalue weighted by Gasteiger charge is -2.24. The van der Waals surface area contributed by atoms with E-state index in [1.165, 1.54) is 0 Å². The third-order valence-corrected chi connectivity index (χ3v) is 4.71. The molecule has 0 bridgehead atoms. The van der Waals surface area contributed by atoms with Gasteiger partial charge in [0.2, 0.25) is 5.91 Å². The maximum absolute atomic E-state index is 12.7. The molecule has 0 saturated heterocycles. The Morgan fingerprint density at radius 1 is 1.07 bits per heavy atom. The predicted octanol–water partition coefficient (Wildman–Crippen LogP) is 1.54. The molecule has 27 heavy (non-hydrogen) atoms. The van der Waals surface area contributed by atoms with Gasteiger partial charge >= 0.3 is 0 Å². The van der Waals surface area contributed by atoms with Gasteiger partial charge in [-0.3, -0.25) is 25.6 Å². The van der Waals surface area contributed by atoms with Crippen molar-refractivity contribution >= 4 is 5.91 Å². The van der Waals surface area contributed by atoms with Crippen LogP contribution in [-0.4, -0.2) is 55.8 Å². The first-order chi connectivity index (χ1) is 12.8. The zero-order valence-electron chi connectivity index (χ0n) is 15.3. The summed E-state index contributed by atoms with van der Waals surface area (Å²) in [5, 5.41) is 37.4. The van der Waals surface area contributed by atoms with Crippen molar-refractivity contribution in [2.24, 2.45) is 11.8 Å². The van der Waals surface area contributed by atoms with Crippen LogP contribution in [0.25, 0.3) is 0 Å². The fourth-order valence-electron chi connectivity index (χ4n) is 3.26. The molecule has 152 valence electrons. The molecule has 0 radical (unpaired) electrons. The molecule has 1 fully saturated rings. The molecule has 0 aliphatic heterocycles. The van der Waals surface area contributed by atoms with Crippen LogP contribution in [0.4, 0.5) is 0 Å². The van der Waals surface area contributed by atoms with Crippen LogP contribution >= 0.6 is 0 Å². The molecule has 2 rings (SSSR count). The largest absolute Gasteiger partial charge is 0.353 e. The summed E-state index contributed by atoms with van der Waals surface area (Å²) in [6.07, 6.45) is -0.955. The normalized spacial score (nSPS) is 24.0. The Hall–Kier alpha value is -1.63. The van der Waals surface area contributed by atoms with Gasteiger partial charge in [0.15, 0.2) is 0 Å². The van der Waals surface area contributed by atoms with E-state index in [9.17, 15) is 4.79 Å². The van der Waals surface area contributed by atoms with Crippen LogP contribution in [0.1, 0.15) is 32.3 Å². The maximum Gasteiger partial charge on any atom is 0.223 e. The molecule has 1 amide bonds. The molecule has 1 saturated carbocycles. The third-order valence-electron chi connectivity index (χ3n) is 4.71. The number of benzene rings is 1. The highest BCUT2D eigenvalue weighted by atomic mass is 17.1. The van der Waals surface area contributed by atoms with Crippen molar-refractivity contribution in [3.8, 4) is 0 Å². The van der Waals surface area contributed by atoms with Gasteiger partial charge in [0.25, 0.3) is 0 Å². The van der Waals surface area contributed by atoms with E-state index >= 15 is 0 Å². The lowest BCUT2D eigenvalue weighted by atomic mass is 9.95. The standard InChI is InChI=1S/C17H27N3O7/c1-11(2)14(8-12-6-4-3-5-7-12)18-17(21)13-9-15(26-19(22)23)16(10-13)27-20(24)25/h3-7,11,13-16,22-25H,8-10H2,1-2H3,(H,18,21)/t13-,14-,15-,16+/m1/s1. The van der Waals surface area contributed by atoms with Crippen LogP contribution in [0.15, 0.2) is 30.3 Å². The third kappa shape index (κ3) is 6.79. The Morgan fingerprint density at radius 3 is 2.04 bits per heavy atom. The van der Waals surface area contributed by atoms with E-state index in [4.69, 9.17) is 30.5 Å². The molecule has 0 spiro atoms. The van der Waals surface area contributed by atoms with Crippen LogP contribution in [0.3, 0.4) is 0 Å². The highest BCUT2D eigenvalue weighted by molar-refractivity contribution is 5.79. The number of hydrogen-bond donors (Lipinski definition) is 5. The minimum atomic E-state index is -0.941. The monoisotopic (exact) mass is 385 g/mol. The molecule has 4 atom stereocenters. The number of carbonyl (C=O) groups excluding carboxylic acids is 1. The first kappa shape index (κ1) is 21.7. The van der Waals surface area contributed by atoms with Gasteiger partial charge in [-0.25, -0.2) is 9.68 Å². The van der Waals surface area contributed by atoms with Crippen LogP contribution in [0.2, 0.25) is 0 Å². The second-order valence-corrected chi connectivity index (χ2v) is 7.01.